The molecule has 0 aromatic heterocycles. The Bertz CT molecular complexity index is 689. The van der Waals surface area contributed by atoms with Crippen LogP contribution in [0.1, 0.15) is 64.7 Å². The smallest absolute Gasteiger partial charge is 0.159 e. The molecule has 128 valence electrons. The normalized spacial score (nSPS) is 50.0. The largest absolute Gasteiger partial charge is 0.299 e. The summed E-state index contributed by atoms with van der Waals surface area (Å²) in [5.74, 6) is 2.26. The Labute approximate surface area is 143 Å². The zero-order chi connectivity index (χ0) is 16.7. The average molecular weight is 326 g/mol. The van der Waals surface area contributed by atoms with E-state index >= 15 is 0 Å². The number of carbonyl (C=O) groups is 3. The molecule has 3 nitrogen and oxygen atoms in total. The minimum absolute atomic E-state index is 0.0379. The Hall–Kier alpha value is -1.25. The van der Waals surface area contributed by atoms with Crippen LogP contribution in [0, 0.1) is 34.5 Å². The van der Waals surface area contributed by atoms with Gasteiger partial charge in [-0.15, -0.1) is 0 Å². The monoisotopic (exact) mass is 326 g/mol. The maximum absolute atomic E-state index is 13.0. The lowest BCUT2D eigenvalue weighted by atomic mass is 9.43. The van der Waals surface area contributed by atoms with Crippen molar-refractivity contribution in [2.45, 2.75) is 64.7 Å². The van der Waals surface area contributed by atoms with Crippen LogP contribution in [0.5, 0.6) is 0 Å². The van der Waals surface area contributed by atoms with E-state index in [-0.39, 0.29) is 28.3 Å². The fourth-order valence-corrected chi connectivity index (χ4v) is 7.45. The highest BCUT2D eigenvalue weighted by Gasteiger charge is 2.63. The van der Waals surface area contributed by atoms with Crippen molar-refractivity contribution in [2.24, 2.45) is 34.5 Å². The van der Waals surface area contributed by atoms with Crippen LogP contribution < -0.4 is 0 Å². The maximum atomic E-state index is 13.0. The zero-order valence-corrected chi connectivity index (χ0v) is 14.5. The second kappa shape index (κ2) is 4.68. The zero-order valence-electron chi connectivity index (χ0n) is 14.5. The third-order valence-corrected chi connectivity index (χ3v) is 8.59. The Morgan fingerprint density at radius 3 is 2.71 bits per heavy atom. The van der Waals surface area contributed by atoms with Gasteiger partial charge in [-0.1, -0.05) is 13.3 Å². The highest BCUT2D eigenvalue weighted by Crippen LogP contribution is 2.66. The maximum Gasteiger partial charge on any atom is 0.159 e. The van der Waals surface area contributed by atoms with Crippen LogP contribution in [0.4, 0.5) is 0 Å². The van der Waals surface area contributed by atoms with Crippen molar-refractivity contribution < 1.29 is 14.4 Å². The number of fused-ring (bicyclic) bond motifs is 4. The molecule has 4 fully saturated rings. The molecule has 5 aliphatic rings. The molecule has 0 N–H and O–H groups in total. The Kier molecular flexibility index (Phi) is 2.93. The van der Waals surface area contributed by atoms with E-state index in [1.807, 2.05) is 0 Å². The molecule has 24 heavy (non-hydrogen) atoms. The van der Waals surface area contributed by atoms with Crippen LogP contribution in [0.2, 0.25) is 0 Å². The molecule has 2 bridgehead atoms. The number of hydrogen-bond donors (Lipinski definition) is 0. The van der Waals surface area contributed by atoms with Crippen molar-refractivity contribution in [1.82, 2.24) is 0 Å². The number of carbonyl (C=O) groups excluding carboxylic acids is 3. The van der Waals surface area contributed by atoms with Crippen LogP contribution in [-0.2, 0) is 14.4 Å². The lowest BCUT2D eigenvalue weighted by molar-refractivity contribution is -0.142. The number of rotatable bonds is 0. The van der Waals surface area contributed by atoms with E-state index in [0.29, 0.717) is 36.4 Å². The molecule has 0 aromatic rings. The quantitative estimate of drug-likeness (QED) is 0.682. The molecule has 0 saturated heterocycles. The van der Waals surface area contributed by atoms with E-state index < -0.39 is 0 Å². The molecule has 0 heterocycles. The van der Waals surface area contributed by atoms with Crippen LogP contribution in [-0.4, -0.2) is 17.3 Å². The summed E-state index contributed by atoms with van der Waals surface area (Å²) in [6, 6.07) is 0. The van der Waals surface area contributed by atoms with Crippen LogP contribution in [0.15, 0.2) is 11.6 Å². The van der Waals surface area contributed by atoms with Crippen LogP contribution in [0.3, 0.4) is 0 Å². The van der Waals surface area contributed by atoms with Gasteiger partial charge in [-0.2, -0.15) is 0 Å². The molecule has 0 aliphatic heterocycles. The summed E-state index contributed by atoms with van der Waals surface area (Å²) in [7, 11) is 0. The van der Waals surface area contributed by atoms with Crippen molar-refractivity contribution in [3.8, 4) is 0 Å². The summed E-state index contributed by atoms with van der Waals surface area (Å²) in [6.45, 7) is 2.16. The highest BCUT2D eigenvalue weighted by molar-refractivity contribution is 6.07. The predicted octanol–water partition coefficient (Wildman–Crippen LogP) is 3.66. The summed E-state index contributed by atoms with van der Waals surface area (Å²) >= 11 is 0. The number of ketones is 3. The highest BCUT2D eigenvalue weighted by atomic mass is 16.1. The van der Waals surface area contributed by atoms with Crippen LogP contribution in [0.25, 0.3) is 0 Å². The first-order valence-corrected chi connectivity index (χ1v) is 9.78. The second-order valence-corrected chi connectivity index (χ2v) is 9.33. The van der Waals surface area contributed by atoms with E-state index in [1.165, 1.54) is 0 Å². The Morgan fingerprint density at radius 2 is 1.88 bits per heavy atom. The molecule has 1 spiro atoms. The minimum atomic E-state index is -0.183. The van der Waals surface area contributed by atoms with Gasteiger partial charge >= 0.3 is 0 Å². The third-order valence-electron chi connectivity index (χ3n) is 8.59. The molecule has 5 rings (SSSR count). The summed E-state index contributed by atoms with van der Waals surface area (Å²) in [6.07, 6.45) is 10.1. The molecule has 4 saturated carbocycles. The minimum Gasteiger partial charge on any atom is -0.299 e. The average Bonchev–Trinajstić information content (AvgIpc) is 2.86. The first kappa shape index (κ1) is 15.0. The fraction of sp³-hybridized carbons (Fsp3) is 0.762. The molecule has 0 radical (unpaired) electrons. The van der Waals surface area contributed by atoms with E-state index in [1.54, 1.807) is 6.08 Å². The summed E-state index contributed by atoms with van der Waals surface area (Å²) in [4.78, 5) is 37.8. The van der Waals surface area contributed by atoms with Gasteiger partial charge in [-0.05, 0) is 62.4 Å². The van der Waals surface area contributed by atoms with Crippen molar-refractivity contribution >= 4 is 17.3 Å². The number of Topliss-reactive ketones (excluding diaryl/α,β-unsaturated/α-hetero) is 2. The first-order chi connectivity index (χ1) is 11.5. The van der Waals surface area contributed by atoms with Gasteiger partial charge in [0.2, 0.25) is 0 Å². The van der Waals surface area contributed by atoms with Gasteiger partial charge < -0.3 is 0 Å². The van der Waals surface area contributed by atoms with Crippen LogP contribution >= 0.6 is 0 Å². The molecular weight excluding hydrogens is 300 g/mol. The fourth-order valence-electron chi connectivity index (χ4n) is 7.45. The molecular formula is C21H26O3. The molecule has 1 unspecified atom stereocenters. The van der Waals surface area contributed by atoms with Gasteiger partial charge in [-0.25, -0.2) is 0 Å². The lowest BCUT2D eigenvalue weighted by Crippen LogP contribution is -2.56. The molecule has 3 heteroatoms. The van der Waals surface area contributed by atoms with E-state index in [0.717, 1.165) is 50.5 Å². The van der Waals surface area contributed by atoms with E-state index in [2.05, 4.69) is 6.92 Å². The molecule has 0 amide bonds. The third kappa shape index (κ3) is 1.66. The van der Waals surface area contributed by atoms with Gasteiger partial charge in [0.05, 0.1) is 0 Å². The second-order valence-electron chi connectivity index (χ2n) is 9.33. The van der Waals surface area contributed by atoms with Gasteiger partial charge in [0.25, 0.3) is 0 Å². The summed E-state index contributed by atoms with van der Waals surface area (Å²) in [5, 5.41) is 0. The molecule has 5 aliphatic carbocycles. The Balaban J connectivity index is 1.61. The van der Waals surface area contributed by atoms with Gasteiger partial charge in [0.1, 0.15) is 5.78 Å². The van der Waals surface area contributed by atoms with E-state index in [4.69, 9.17) is 0 Å². The van der Waals surface area contributed by atoms with Crippen molar-refractivity contribution in [3.05, 3.63) is 11.6 Å². The predicted molar refractivity (Wildman–Crippen MR) is 89.2 cm³/mol. The Morgan fingerprint density at radius 1 is 1.04 bits per heavy atom. The van der Waals surface area contributed by atoms with Gasteiger partial charge in [0.15, 0.2) is 11.6 Å². The molecule has 0 aromatic carbocycles. The summed E-state index contributed by atoms with van der Waals surface area (Å²) < 4.78 is 0. The van der Waals surface area contributed by atoms with Gasteiger partial charge in [0, 0.05) is 35.2 Å². The standard InChI is InChI=1S/C21H26O3/c1-20-8-6-15-13(14(20)4-5-19(20)24)9-18(23)16-10-17(22)12-3-2-7-21(15,16)11-12/h10,12-15H,2-9,11H2,1H3/t12?,13-,14-,15-,20-,21+/m0/s1. The number of allylic oxidation sites excluding steroid dienone is 1. The summed E-state index contributed by atoms with van der Waals surface area (Å²) in [5.41, 5.74) is 0.652. The van der Waals surface area contributed by atoms with Crippen molar-refractivity contribution in [3.63, 3.8) is 0 Å². The lowest BCUT2D eigenvalue weighted by Gasteiger charge is -2.59. The van der Waals surface area contributed by atoms with E-state index in [9.17, 15) is 14.4 Å². The topological polar surface area (TPSA) is 51.2 Å². The SMILES string of the molecule is C[C@]12CC[C@H]3[C@@H](CC(=O)C4=CC(=O)C5CCC[C@]43C5)[C@@H]1CCC2=O. The van der Waals surface area contributed by atoms with Gasteiger partial charge in [-0.3, -0.25) is 14.4 Å². The van der Waals surface area contributed by atoms with Crippen molar-refractivity contribution in [1.29, 1.82) is 0 Å². The number of hydrogen-bond acceptors (Lipinski definition) is 3. The van der Waals surface area contributed by atoms with Crippen molar-refractivity contribution in [2.75, 3.05) is 0 Å². The first-order valence-electron chi connectivity index (χ1n) is 9.78. The molecule has 6 atom stereocenters.